The number of nitrogens with one attached hydrogen (secondary N) is 1. The van der Waals surface area contributed by atoms with Gasteiger partial charge in [0.2, 0.25) is 0 Å². The summed E-state index contributed by atoms with van der Waals surface area (Å²) in [5.41, 5.74) is 7.62. The van der Waals surface area contributed by atoms with E-state index in [4.69, 9.17) is 10.5 Å². The molecule has 1 aromatic carbocycles. The molecule has 0 aliphatic rings. The largest absolute Gasteiger partial charge is 0.486 e. The minimum Gasteiger partial charge on any atom is -0.486 e. The fraction of sp³-hybridized carbons (Fsp3) is 0.263. The van der Waals surface area contributed by atoms with E-state index in [0.717, 1.165) is 17.7 Å². The first-order valence-electron chi connectivity index (χ1n) is 8.05. The monoisotopic (exact) mass is 343 g/mol. The van der Waals surface area contributed by atoms with Gasteiger partial charge < -0.3 is 15.8 Å². The molecular formula is C19H22FN3O2. The Morgan fingerprint density at radius 2 is 2.12 bits per heavy atom. The molecule has 6 heteroatoms. The molecule has 0 aliphatic heterocycles. The molecule has 0 unspecified atom stereocenters. The van der Waals surface area contributed by atoms with E-state index in [1.54, 1.807) is 19.1 Å². The molecule has 1 heterocycles. The van der Waals surface area contributed by atoms with Crippen molar-refractivity contribution in [2.24, 2.45) is 0 Å². The number of carbonyl (C=O) groups is 1. The Balaban J connectivity index is 2.18. The standard InChI is InChI=1S/C19H22FN3O2/c1-4-5-6-10-25-16-9-7-8-15(17(16)20)23-19(24)14-11-12(2)13(3)22-18(14)21/h5-9,11H,4,10H2,1-3H3,(H2,21,22)(H,23,24). The lowest BCUT2D eigenvalue weighted by Crippen LogP contribution is -2.17. The maximum Gasteiger partial charge on any atom is 0.259 e. The zero-order valence-electron chi connectivity index (χ0n) is 14.6. The number of aryl methyl sites for hydroxylation is 2. The molecule has 0 aliphatic carbocycles. The van der Waals surface area contributed by atoms with Gasteiger partial charge in [-0.2, -0.15) is 0 Å². The number of nitrogen functional groups attached to an aromatic ring is 1. The van der Waals surface area contributed by atoms with Crippen LogP contribution in [0.25, 0.3) is 0 Å². The molecule has 3 N–H and O–H groups in total. The third-order valence-electron chi connectivity index (χ3n) is 3.69. The van der Waals surface area contributed by atoms with Gasteiger partial charge >= 0.3 is 0 Å². The third-order valence-corrected chi connectivity index (χ3v) is 3.69. The van der Waals surface area contributed by atoms with Crippen LogP contribution in [0.2, 0.25) is 0 Å². The molecule has 2 rings (SSSR count). The fourth-order valence-electron chi connectivity index (χ4n) is 2.19. The van der Waals surface area contributed by atoms with Crippen LogP contribution in [-0.4, -0.2) is 17.5 Å². The van der Waals surface area contributed by atoms with Gasteiger partial charge in [0, 0.05) is 5.69 Å². The van der Waals surface area contributed by atoms with Gasteiger partial charge in [0.15, 0.2) is 11.6 Å². The van der Waals surface area contributed by atoms with Crippen LogP contribution in [-0.2, 0) is 0 Å². The van der Waals surface area contributed by atoms with Gasteiger partial charge in [-0.15, -0.1) is 0 Å². The highest BCUT2D eigenvalue weighted by Crippen LogP contribution is 2.25. The Morgan fingerprint density at radius 3 is 2.84 bits per heavy atom. The first-order chi connectivity index (χ1) is 11.9. The normalized spacial score (nSPS) is 10.9. The molecule has 0 saturated heterocycles. The number of aromatic nitrogens is 1. The van der Waals surface area contributed by atoms with Crippen molar-refractivity contribution in [2.45, 2.75) is 27.2 Å². The molecule has 2 aromatic rings. The zero-order valence-corrected chi connectivity index (χ0v) is 14.6. The van der Waals surface area contributed by atoms with Gasteiger partial charge in [-0.1, -0.05) is 25.1 Å². The number of carbonyl (C=O) groups excluding carboxylic acids is 1. The summed E-state index contributed by atoms with van der Waals surface area (Å²) in [6, 6.07) is 6.23. The number of anilines is 2. The van der Waals surface area contributed by atoms with E-state index in [0.29, 0.717) is 0 Å². The lowest BCUT2D eigenvalue weighted by atomic mass is 10.1. The number of amides is 1. The molecule has 5 nitrogen and oxygen atoms in total. The summed E-state index contributed by atoms with van der Waals surface area (Å²) in [5, 5.41) is 2.52. The smallest absolute Gasteiger partial charge is 0.259 e. The van der Waals surface area contributed by atoms with Crippen molar-refractivity contribution in [2.75, 3.05) is 17.7 Å². The Morgan fingerprint density at radius 1 is 1.36 bits per heavy atom. The summed E-state index contributed by atoms with van der Waals surface area (Å²) in [6.45, 7) is 5.90. The average Bonchev–Trinajstić information content (AvgIpc) is 2.58. The number of hydrogen-bond acceptors (Lipinski definition) is 4. The number of allylic oxidation sites excluding steroid dienone is 1. The second-order valence-electron chi connectivity index (χ2n) is 5.59. The summed E-state index contributed by atoms with van der Waals surface area (Å²) in [7, 11) is 0. The van der Waals surface area contributed by atoms with Gasteiger partial charge in [0.1, 0.15) is 12.4 Å². The van der Waals surface area contributed by atoms with Crippen LogP contribution in [0.3, 0.4) is 0 Å². The van der Waals surface area contributed by atoms with Crippen molar-refractivity contribution in [3.63, 3.8) is 0 Å². The number of benzene rings is 1. The molecule has 0 atom stereocenters. The Labute approximate surface area is 146 Å². The molecule has 0 saturated carbocycles. The van der Waals surface area contributed by atoms with Crippen LogP contribution in [0, 0.1) is 19.7 Å². The van der Waals surface area contributed by atoms with Crippen molar-refractivity contribution >= 4 is 17.4 Å². The topological polar surface area (TPSA) is 77.2 Å². The molecule has 1 aromatic heterocycles. The minimum atomic E-state index is -0.629. The number of rotatable bonds is 6. The number of ether oxygens (including phenoxy) is 1. The Bertz CT molecular complexity index is 803. The molecule has 1 amide bonds. The highest BCUT2D eigenvalue weighted by atomic mass is 19.1. The van der Waals surface area contributed by atoms with Crippen LogP contribution >= 0.6 is 0 Å². The minimum absolute atomic E-state index is 0.0274. The maximum absolute atomic E-state index is 14.5. The highest BCUT2D eigenvalue weighted by molar-refractivity contribution is 6.07. The number of hydrogen-bond donors (Lipinski definition) is 2. The first kappa shape index (κ1) is 18.4. The summed E-state index contributed by atoms with van der Waals surface area (Å²) < 4.78 is 19.9. The average molecular weight is 343 g/mol. The van der Waals surface area contributed by atoms with Crippen LogP contribution in [0.4, 0.5) is 15.9 Å². The SMILES string of the molecule is CCC=CCOc1cccc(NC(=O)c2cc(C)c(C)nc2N)c1F. The van der Waals surface area contributed by atoms with Crippen LogP contribution in [0.15, 0.2) is 36.4 Å². The zero-order chi connectivity index (χ0) is 18.4. The Kier molecular flexibility index (Phi) is 6.11. The van der Waals surface area contributed by atoms with Gasteiger partial charge in [0.25, 0.3) is 5.91 Å². The Hall–Kier alpha value is -2.89. The molecular weight excluding hydrogens is 321 g/mol. The molecule has 132 valence electrons. The first-order valence-corrected chi connectivity index (χ1v) is 8.05. The molecule has 0 spiro atoms. The van der Waals surface area contributed by atoms with E-state index in [1.807, 2.05) is 26.0 Å². The fourth-order valence-corrected chi connectivity index (χ4v) is 2.19. The lowest BCUT2D eigenvalue weighted by Gasteiger charge is -2.12. The van der Waals surface area contributed by atoms with Crippen molar-refractivity contribution in [1.82, 2.24) is 4.98 Å². The van der Waals surface area contributed by atoms with E-state index < -0.39 is 11.7 Å². The highest BCUT2D eigenvalue weighted by Gasteiger charge is 2.16. The second-order valence-corrected chi connectivity index (χ2v) is 5.59. The lowest BCUT2D eigenvalue weighted by molar-refractivity contribution is 0.102. The number of pyridine rings is 1. The van der Waals surface area contributed by atoms with Crippen LogP contribution in [0.5, 0.6) is 5.75 Å². The van der Waals surface area contributed by atoms with Crippen LogP contribution in [0.1, 0.15) is 35.0 Å². The molecule has 0 bridgehead atoms. The van der Waals surface area contributed by atoms with E-state index in [2.05, 4.69) is 10.3 Å². The molecule has 0 fully saturated rings. The summed E-state index contributed by atoms with van der Waals surface area (Å²) in [5.74, 6) is -0.964. The van der Waals surface area contributed by atoms with Crippen molar-refractivity contribution in [3.05, 3.63) is 59.1 Å². The molecule has 0 radical (unpaired) electrons. The third kappa shape index (κ3) is 4.56. The number of halogens is 1. The number of nitrogens with two attached hydrogens (primary N) is 1. The summed E-state index contributed by atoms with van der Waals surface area (Å²) in [6.07, 6.45) is 4.62. The second kappa shape index (κ2) is 8.28. The predicted octanol–water partition coefficient (Wildman–Crippen LogP) is 4.02. The number of nitrogens with zero attached hydrogens (tertiary/aromatic N) is 1. The van der Waals surface area contributed by atoms with Crippen molar-refractivity contribution < 1.29 is 13.9 Å². The van der Waals surface area contributed by atoms with Crippen LogP contribution < -0.4 is 15.8 Å². The predicted molar refractivity (Wildman–Crippen MR) is 97.4 cm³/mol. The van der Waals surface area contributed by atoms with Gasteiger partial charge in [-0.05, 0) is 44.0 Å². The molecule has 25 heavy (non-hydrogen) atoms. The van der Waals surface area contributed by atoms with Gasteiger partial charge in [-0.3, -0.25) is 4.79 Å². The van der Waals surface area contributed by atoms with E-state index >= 15 is 0 Å². The van der Waals surface area contributed by atoms with E-state index in [-0.39, 0.29) is 29.4 Å². The maximum atomic E-state index is 14.5. The van der Waals surface area contributed by atoms with Crippen molar-refractivity contribution in [1.29, 1.82) is 0 Å². The summed E-state index contributed by atoms with van der Waals surface area (Å²) >= 11 is 0. The van der Waals surface area contributed by atoms with Gasteiger partial charge in [0.05, 0.1) is 11.3 Å². The van der Waals surface area contributed by atoms with Gasteiger partial charge in [-0.25, -0.2) is 9.37 Å². The van der Waals surface area contributed by atoms with Crippen molar-refractivity contribution in [3.8, 4) is 5.75 Å². The van der Waals surface area contributed by atoms with E-state index in [1.165, 1.54) is 12.1 Å². The quantitative estimate of drug-likeness (QED) is 0.777. The summed E-state index contributed by atoms with van der Waals surface area (Å²) in [4.78, 5) is 16.5. The van der Waals surface area contributed by atoms with E-state index in [9.17, 15) is 9.18 Å².